The van der Waals surface area contributed by atoms with E-state index in [4.69, 9.17) is 15.0 Å². The van der Waals surface area contributed by atoms with Crippen LogP contribution in [0.1, 0.15) is 5.56 Å². The van der Waals surface area contributed by atoms with Crippen LogP contribution in [0, 0.1) is 11.3 Å². The Bertz CT molecular complexity index is 2950. The molecule has 0 aliphatic heterocycles. The van der Waals surface area contributed by atoms with Gasteiger partial charge in [-0.05, 0) is 48.5 Å². The van der Waals surface area contributed by atoms with Gasteiger partial charge in [0.2, 0.25) is 0 Å². The van der Waals surface area contributed by atoms with Gasteiger partial charge in [0.15, 0.2) is 17.5 Å². The maximum Gasteiger partial charge on any atom is 0.165 e. The average Bonchev–Trinajstić information content (AvgIpc) is 3.74. The number of nitrogens with zero attached hydrogens (tertiary/aromatic N) is 6. The monoisotopic (exact) mass is 664 g/mol. The molecule has 3 heterocycles. The van der Waals surface area contributed by atoms with Crippen LogP contribution in [0.2, 0.25) is 0 Å². The summed E-state index contributed by atoms with van der Waals surface area (Å²) in [5.41, 5.74) is 9.31. The molecule has 10 aromatic rings. The third-order valence-corrected chi connectivity index (χ3v) is 9.81. The summed E-state index contributed by atoms with van der Waals surface area (Å²) in [7, 11) is 0. The quantitative estimate of drug-likeness (QED) is 0.184. The minimum Gasteiger partial charge on any atom is -0.309 e. The highest BCUT2D eigenvalue weighted by atomic mass is 15.0. The summed E-state index contributed by atoms with van der Waals surface area (Å²) in [5, 5.41) is 15.4. The lowest BCUT2D eigenvalue weighted by Crippen LogP contribution is -2.02. The fraction of sp³-hybridized carbons (Fsp3) is 0. The van der Waals surface area contributed by atoms with Gasteiger partial charge in [0.1, 0.15) is 0 Å². The van der Waals surface area contributed by atoms with Crippen LogP contribution in [0.3, 0.4) is 0 Å². The van der Waals surface area contributed by atoms with Crippen molar-refractivity contribution in [3.8, 4) is 51.6 Å². The Labute approximate surface area is 299 Å². The first-order valence-electron chi connectivity index (χ1n) is 17.2. The van der Waals surface area contributed by atoms with Crippen LogP contribution in [0.5, 0.6) is 0 Å². The van der Waals surface area contributed by atoms with Gasteiger partial charge in [-0.15, -0.1) is 0 Å². The van der Waals surface area contributed by atoms with Gasteiger partial charge in [0, 0.05) is 49.6 Å². The fourth-order valence-electron chi connectivity index (χ4n) is 7.52. The minimum absolute atomic E-state index is 0.451. The normalized spacial score (nSPS) is 11.4. The van der Waals surface area contributed by atoms with Crippen LogP contribution in [-0.4, -0.2) is 24.1 Å². The summed E-state index contributed by atoms with van der Waals surface area (Å²) in [6.45, 7) is 0. The molecule has 0 aliphatic carbocycles. The second-order valence-corrected chi connectivity index (χ2v) is 12.8. The Kier molecular flexibility index (Phi) is 6.76. The lowest BCUT2D eigenvalue weighted by molar-refractivity contribution is 1.07. The van der Waals surface area contributed by atoms with Gasteiger partial charge in [-0.1, -0.05) is 121 Å². The lowest BCUT2D eigenvalue weighted by Gasteiger charge is -2.12. The summed E-state index contributed by atoms with van der Waals surface area (Å²) >= 11 is 0. The van der Waals surface area contributed by atoms with Gasteiger partial charge < -0.3 is 9.13 Å². The molecule has 7 aromatic carbocycles. The molecule has 0 radical (unpaired) electrons. The first-order valence-corrected chi connectivity index (χ1v) is 17.2. The van der Waals surface area contributed by atoms with Crippen LogP contribution >= 0.6 is 0 Å². The van der Waals surface area contributed by atoms with E-state index >= 15 is 0 Å². The molecule has 52 heavy (non-hydrogen) atoms. The molecule has 0 amide bonds. The summed E-state index contributed by atoms with van der Waals surface area (Å²) < 4.78 is 4.64. The van der Waals surface area contributed by atoms with Crippen molar-refractivity contribution < 1.29 is 0 Å². The van der Waals surface area contributed by atoms with Gasteiger partial charge in [-0.2, -0.15) is 5.26 Å². The SMILES string of the molecule is N#Cc1cc(-n2c3ccccc3c3c2ccc2c4ccccc4n(-c4ccccc4)c23)ccc1-c1nc(-c2ccccc2)nc(-c2ccccc2)n1. The van der Waals surface area contributed by atoms with Crippen molar-refractivity contribution in [1.29, 1.82) is 5.26 Å². The highest BCUT2D eigenvalue weighted by molar-refractivity contribution is 6.26. The molecular weight excluding hydrogens is 637 g/mol. The third-order valence-electron chi connectivity index (χ3n) is 9.81. The predicted octanol–water partition coefficient (Wildman–Crippen LogP) is 10.9. The second-order valence-electron chi connectivity index (χ2n) is 12.8. The molecule has 242 valence electrons. The van der Waals surface area contributed by atoms with Gasteiger partial charge in [-0.25, -0.2) is 15.0 Å². The van der Waals surface area contributed by atoms with Crippen LogP contribution in [-0.2, 0) is 0 Å². The third kappa shape index (κ3) is 4.61. The molecule has 6 nitrogen and oxygen atoms in total. The maximum absolute atomic E-state index is 10.7. The fourth-order valence-corrected chi connectivity index (χ4v) is 7.52. The Morgan fingerprint density at radius 2 is 0.981 bits per heavy atom. The highest BCUT2D eigenvalue weighted by Gasteiger charge is 2.22. The average molecular weight is 665 g/mol. The Morgan fingerprint density at radius 1 is 0.423 bits per heavy atom. The standard InChI is InChI=1S/C46H28N6/c47-29-32-28-34(24-25-35(32)46-49-44(30-14-4-1-5-15-30)48-45(50-46)31-16-6-2-7-17-31)51-40-23-13-11-21-38(40)42-41(51)27-26-37-36-20-10-12-22-39(36)52(43(37)42)33-18-8-3-9-19-33/h1-28H. The molecule has 0 N–H and O–H groups in total. The zero-order valence-electron chi connectivity index (χ0n) is 27.8. The number of nitriles is 1. The van der Waals surface area contributed by atoms with Crippen LogP contribution in [0.15, 0.2) is 170 Å². The molecule has 0 bridgehead atoms. The lowest BCUT2D eigenvalue weighted by atomic mass is 10.1. The zero-order valence-corrected chi connectivity index (χ0v) is 27.8. The minimum atomic E-state index is 0.451. The van der Waals surface area contributed by atoms with Crippen molar-refractivity contribution in [1.82, 2.24) is 24.1 Å². The van der Waals surface area contributed by atoms with Crippen LogP contribution in [0.25, 0.3) is 89.2 Å². The first kappa shape index (κ1) is 29.5. The molecule has 0 aliphatic rings. The second kappa shape index (κ2) is 11.9. The van der Waals surface area contributed by atoms with E-state index in [0.29, 0.717) is 28.6 Å². The van der Waals surface area contributed by atoms with E-state index in [2.05, 4.69) is 112 Å². The van der Waals surface area contributed by atoms with Crippen molar-refractivity contribution in [3.63, 3.8) is 0 Å². The van der Waals surface area contributed by atoms with E-state index < -0.39 is 0 Å². The summed E-state index contributed by atoms with van der Waals surface area (Å²) in [4.78, 5) is 14.7. The molecule has 0 atom stereocenters. The van der Waals surface area contributed by atoms with Crippen LogP contribution in [0.4, 0.5) is 0 Å². The van der Waals surface area contributed by atoms with E-state index in [1.165, 1.54) is 10.8 Å². The van der Waals surface area contributed by atoms with Gasteiger partial charge in [0.05, 0.1) is 33.7 Å². The Balaban J connectivity index is 1.21. The molecule has 6 heteroatoms. The molecular formula is C46H28N6. The smallest absolute Gasteiger partial charge is 0.165 e. The first-order chi connectivity index (χ1) is 25.8. The largest absolute Gasteiger partial charge is 0.309 e. The highest BCUT2D eigenvalue weighted by Crippen LogP contribution is 2.42. The molecule has 0 fully saturated rings. The van der Waals surface area contributed by atoms with Gasteiger partial charge >= 0.3 is 0 Å². The zero-order chi connectivity index (χ0) is 34.6. The molecule has 3 aromatic heterocycles. The molecule has 0 unspecified atom stereocenters. The number of para-hydroxylation sites is 3. The molecule has 0 saturated heterocycles. The van der Waals surface area contributed by atoms with E-state index in [9.17, 15) is 5.26 Å². The number of fused-ring (bicyclic) bond motifs is 7. The number of rotatable bonds is 5. The van der Waals surface area contributed by atoms with E-state index in [-0.39, 0.29) is 0 Å². The van der Waals surface area contributed by atoms with E-state index in [1.807, 2.05) is 72.8 Å². The molecule has 10 rings (SSSR count). The molecule has 0 saturated carbocycles. The van der Waals surface area contributed by atoms with Crippen molar-refractivity contribution in [3.05, 3.63) is 175 Å². The topological polar surface area (TPSA) is 72.3 Å². The van der Waals surface area contributed by atoms with Crippen molar-refractivity contribution >= 4 is 43.6 Å². The summed E-state index contributed by atoms with van der Waals surface area (Å²) in [5.74, 6) is 1.56. The predicted molar refractivity (Wildman–Crippen MR) is 210 cm³/mol. The van der Waals surface area contributed by atoms with Gasteiger partial charge in [0.25, 0.3) is 0 Å². The number of aromatic nitrogens is 5. The Morgan fingerprint density at radius 3 is 1.63 bits per heavy atom. The summed E-state index contributed by atoms with van der Waals surface area (Å²) in [6.07, 6.45) is 0. The van der Waals surface area contributed by atoms with E-state index in [1.54, 1.807) is 0 Å². The van der Waals surface area contributed by atoms with Crippen molar-refractivity contribution in [2.75, 3.05) is 0 Å². The van der Waals surface area contributed by atoms with Crippen LogP contribution < -0.4 is 0 Å². The Hall–Kier alpha value is -7.36. The van der Waals surface area contributed by atoms with Gasteiger partial charge in [-0.3, -0.25) is 0 Å². The van der Waals surface area contributed by atoms with Crippen molar-refractivity contribution in [2.45, 2.75) is 0 Å². The maximum atomic E-state index is 10.7. The number of benzene rings is 7. The number of hydrogen-bond donors (Lipinski definition) is 0. The van der Waals surface area contributed by atoms with E-state index in [0.717, 1.165) is 55.3 Å². The summed E-state index contributed by atoms with van der Waals surface area (Å²) in [6, 6.07) is 60.3. The number of hydrogen-bond acceptors (Lipinski definition) is 4. The molecule has 0 spiro atoms. The van der Waals surface area contributed by atoms with Crippen molar-refractivity contribution in [2.24, 2.45) is 0 Å².